The molecule has 132 valence electrons. The predicted molar refractivity (Wildman–Crippen MR) is 80.8 cm³/mol. The molecular formula is C16H26O7. The molecule has 0 saturated heterocycles. The molecule has 0 amide bonds. The molecule has 1 aliphatic rings. The number of carbonyl (C=O) groups excluding carboxylic acids is 1. The quantitative estimate of drug-likeness (QED) is 0.418. The fourth-order valence-corrected chi connectivity index (χ4v) is 3.32. The summed E-state index contributed by atoms with van der Waals surface area (Å²) in [7, 11) is 0. The number of ketones is 1. The van der Waals surface area contributed by atoms with Gasteiger partial charge in [-0.05, 0) is 43.9 Å². The average molecular weight is 330 g/mol. The van der Waals surface area contributed by atoms with Crippen LogP contribution in [0.5, 0.6) is 0 Å². The van der Waals surface area contributed by atoms with E-state index in [1.807, 2.05) is 0 Å². The summed E-state index contributed by atoms with van der Waals surface area (Å²) in [4.78, 5) is 32.9. The molecule has 0 spiro atoms. The van der Waals surface area contributed by atoms with Crippen molar-refractivity contribution in [2.24, 2.45) is 11.8 Å². The van der Waals surface area contributed by atoms with Crippen molar-refractivity contribution in [1.82, 2.24) is 0 Å². The van der Waals surface area contributed by atoms with Crippen LogP contribution in [-0.4, -0.2) is 50.4 Å². The SMILES string of the molecule is O=C(O)CCCCC(=O)CC[C@@H]1[C@H](CCC(=O)O)[C@H](O)C[C@H]1O. The number of Topliss-reactive ketones (excluding diaryl/α,β-unsaturated/α-hetero) is 1. The highest BCUT2D eigenvalue weighted by atomic mass is 16.4. The Morgan fingerprint density at radius 2 is 1.22 bits per heavy atom. The lowest BCUT2D eigenvalue weighted by atomic mass is 9.85. The van der Waals surface area contributed by atoms with Gasteiger partial charge in [0.15, 0.2) is 0 Å². The van der Waals surface area contributed by atoms with Gasteiger partial charge in [0.25, 0.3) is 0 Å². The van der Waals surface area contributed by atoms with E-state index >= 15 is 0 Å². The molecule has 0 aliphatic heterocycles. The average Bonchev–Trinajstić information content (AvgIpc) is 2.72. The molecule has 0 aromatic carbocycles. The third kappa shape index (κ3) is 7.09. The molecule has 1 saturated carbocycles. The van der Waals surface area contributed by atoms with Crippen LogP contribution in [0.1, 0.15) is 57.8 Å². The van der Waals surface area contributed by atoms with Gasteiger partial charge < -0.3 is 20.4 Å². The lowest BCUT2D eigenvalue weighted by Gasteiger charge is -2.22. The largest absolute Gasteiger partial charge is 0.481 e. The highest BCUT2D eigenvalue weighted by molar-refractivity contribution is 5.78. The molecule has 7 heteroatoms. The highest BCUT2D eigenvalue weighted by Gasteiger charge is 2.41. The number of hydrogen-bond donors (Lipinski definition) is 4. The second-order valence-corrected chi connectivity index (χ2v) is 6.31. The summed E-state index contributed by atoms with van der Waals surface area (Å²) in [6.07, 6.45) is 1.10. The molecule has 0 heterocycles. The van der Waals surface area contributed by atoms with Gasteiger partial charge in [0.05, 0.1) is 12.2 Å². The maximum absolute atomic E-state index is 11.8. The topological polar surface area (TPSA) is 132 Å². The van der Waals surface area contributed by atoms with Crippen molar-refractivity contribution < 1.29 is 34.8 Å². The fraction of sp³-hybridized carbons (Fsp3) is 0.812. The first-order valence-electron chi connectivity index (χ1n) is 8.12. The second-order valence-electron chi connectivity index (χ2n) is 6.31. The number of rotatable bonds is 11. The highest BCUT2D eigenvalue weighted by Crippen LogP contribution is 2.38. The van der Waals surface area contributed by atoms with Crippen molar-refractivity contribution in [2.75, 3.05) is 0 Å². The minimum atomic E-state index is -0.938. The van der Waals surface area contributed by atoms with E-state index in [-0.39, 0.29) is 43.3 Å². The molecule has 0 aromatic rings. The van der Waals surface area contributed by atoms with E-state index < -0.39 is 24.1 Å². The summed E-state index contributed by atoms with van der Waals surface area (Å²) in [6.45, 7) is 0. The third-order valence-corrected chi connectivity index (χ3v) is 4.57. The number of carbonyl (C=O) groups is 3. The Balaban J connectivity index is 2.36. The van der Waals surface area contributed by atoms with Crippen molar-refractivity contribution in [2.45, 2.75) is 70.0 Å². The third-order valence-electron chi connectivity index (χ3n) is 4.57. The molecule has 0 bridgehead atoms. The summed E-state index contributed by atoms with van der Waals surface area (Å²) in [6, 6.07) is 0. The molecule has 4 atom stereocenters. The van der Waals surface area contributed by atoms with Crippen molar-refractivity contribution in [3.05, 3.63) is 0 Å². The van der Waals surface area contributed by atoms with Crippen LogP contribution in [-0.2, 0) is 14.4 Å². The van der Waals surface area contributed by atoms with Gasteiger partial charge in [-0.3, -0.25) is 14.4 Å². The van der Waals surface area contributed by atoms with Crippen molar-refractivity contribution >= 4 is 17.7 Å². The molecule has 4 N–H and O–H groups in total. The zero-order chi connectivity index (χ0) is 17.4. The Kier molecular flexibility index (Phi) is 8.19. The van der Waals surface area contributed by atoms with Crippen LogP contribution >= 0.6 is 0 Å². The van der Waals surface area contributed by atoms with Gasteiger partial charge in [0.2, 0.25) is 0 Å². The van der Waals surface area contributed by atoms with Crippen LogP contribution in [0.2, 0.25) is 0 Å². The first kappa shape index (κ1) is 19.6. The Labute approximate surface area is 135 Å². The van der Waals surface area contributed by atoms with Crippen LogP contribution in [0.15, 0.2) is 0 Å². The van der Waals surface area contributed by atoms with Gasteiger partial charge in [-0.15, -0.1) is 0 Å². The van der Waals surface area contributed by atoms with E-state index in [2.05, 4.69) is 0 Å². The fourth-order valence-electron chi connectivity index (χ4n) is 3.32. The van der Waals surface area contributed by atoms with Gasteiger partial charge in [-0.2, -0.15) is 0 Å². The Hall–Kier alpha value is -1.47. The monoisotopic (exact) mass is 330 g/mol. The number of aliphatic hydroxyl groups is 2. The van der Waals surface area contributed by atoms with Crippen LogP contribution in [0.4, 0.5) is 0 Å². The second kappa shape index (κ2) is 9.62. The number of carboxylic acids is 2. The van der Waals surface area contributed by atoms with Gasteiger partial charge in [-0.1, -0.05) is 0 Å². The minimum absolute atomic E-state index is 0.0148. The Bertz CT molecular complexity index is 421. The van der Waals surface area contributed by atoms with E-state index in [9.17, 15) is 24.6 Å². The molecule has 1 fully saturated rings. The molecule has 0 radical (unpaired) electrons. The van der Waals surface area contributed by atoms with Crippen molar-refractivity contribution in [3.8, 4) is 0 Å². The zero-order valence-electron chi connectivity index (χ0n) is 13.2. The molecule has 23 heavy (non-hydrogen) atoms. The molecule has 0 unspecified atom stereocenters. The first-order valence-corrected chi connectivity index (χ1v) is 8.12. The summed E-state index contributed by atoms with van der Waals surface area (Å²) in [5.41, 5.74) is 0. The van der Waals surface area contributed by atoms with Crippen LogP contribution in [0.25, 0.3) is 0 Å². The number of aliphatic carboxylic acids is 2. The number of aliphatic hydroxyl groups excluding tert-OH is 2. The molecular weight excluding hydrogens is 304 g/mol. The maximum atomic E-state index is 11.8. The van der Waals surface area contributed by atoms with Crippen molar-refractivity contribution in [3.63, 3.8) is 0 Å². The number of unbranched alkanes of at least 4 members (excludes halogenated alkanes) is 1. The predicted octanol–water partition coefficient (Wildman–Crippen LogP) is 1.20. The van der Waals surface area contributed by atoms with E-state index in [0.717, 1.165) is 0 Å². The molecule has 1 rings (SSSR count). The molecule has 0 aromatic heterocycles. The number of carboxylic acid groups (broad SMARTS) is 2. The van der Waals surface area contributed by atoms with E-state index in [0.29, 0.717) is 32.1 Å². The van der Waals surface area contributed by atoms with E-state index in [4.69, 9.17) is 10.2 Å². The Morgan fingerprint density at radius 3 is 1.74 bits per heavy atom. The van der Waals surface area contributed by atoms with Gasteiger partial charge >= 0.3 is 11.9 Å². The summed E-state index contributed by atoms with van der Waals surface area (Å²) in [5, 5.41) is 37.2. The van der Waals surface area contributed by atoms with Crippen LogP contribution < -0.4 is 0 Å². The number of hydrogen-bond acceptors (Lipinski definition) is 5. The normalized spacial score (nSPS) is 27.0. The van der Waals surface area contributed by atoms with Gasteiger partial charge in [-0.25, -0.2) is 0 Å². The lowest BCUT2D eigenvalue weighted by molar-refractivity contribution is -0.138. The minimum Gasteiger partial charge on any atom is -0.481 e. The van der Waals surface area contributed by atoms with Crippen molar-refractivity contribution in [1.29, 1.82) is 0 Å². The first-order chi connectivity index (χ1) is 10.8. The summed E-state index contributed by atoms with van der Waals surface area (Å²) >= 11 is 0. The van der Waals surface area contributed by atoms with Gasteiger partial charge in [0.1, 0.15) is 5.78 Å². The van der Waals surface area contributed by atoms with Gasteiger partial charge in [0, 0.05) is 25.7 Å². The molecule has 1 aliphatic carbocycles. The lowest BCUT2D eigenvalue weighted by Crippen LogP contribution is -2.24. The smallest absolute Gasteiger partial charge is 0.303 e. The maximum Gasteiger partial charge on any atom is 0.303 e. The standard InChI is InChI=1S/C16H26O7/c17-10(3-1-2-4-15(20)21)5-6-11-12(7-8-16(22)23)14(19)9-13(11)18/h11-14,18-19H,1-9H2,(H,20,21)(H,22,23)/t11-,12+,13-,14-/m1/s1. The van der Waals surface area contributed by atoms with E-state index in [1.54, 1.807) is 0 Å². The van der Waals surface area contributed by atoms with Crippen LogP contribution in [0.3, 0.4) is 0 Å². The summed E-state index contributed by atoms with van der Waals surface area (Å²) in [5.74, 6) is -2.34. The molecule has 7 nitrogen and oxygen atoms in total. The zero-order valence-corrected chi connectivity index (χ0v) is 13.2. The van der Waals surface area contributed by atoms with Crippen LogP contribution in [0, 0.1) is 11.8 Å². The summed E-state index contributed by atoms with van der Waals surface area (Å²) < 4.78 is 0. The Morgan fingerprint density at radius 1 is 0.739 bits per heavy atom. The van der Waals surface area contributed by atoms with E-state index in [1.165, 1.54) is 0 Å².